The summed E-state index contributed by atoms with van der Waals surface area (Å²) in [6.45, 7) is 4.25. The van der Waals surface area contributed by atoms with Crippen LogP contribution in [0, 0.1) is 13.8 Å². The molecule has 6 heteroatoms. The Kier molecular flexibility index (Phi) is 5.13. The Bertz CT molecular complexity index is 993. The monoisotopic (exact) mass is 379 g/mol. The Morgan fingerprint density at radius 2 is 1.81 bits per heavy atom. The number of aryl methyl sites for hydroxylation is 2. The minimum absolute atomic E-state index is 0.901. The van der Waals surface area contributed by atoms with Gasteiger partial charge in [-0.1, -0.05) is 24.3 Å². The van der Waals surface area contributed by atoms with Crippen molar-refractivity contribution in [2.45, 2.75) is 31.6 Å². The molecule has 0 atom stereocenters. The number of rotatable bonds is 5. The zero-order chi connectivity index (χ0) is 18.8. The van der Waals surface area contributed by atoms with E-state index in [0.717, 1.165) is 41.2 Å². The Labute approximate surface area is 162 Å². The van der Waals surface area contributed by atoms with Crippen LogP contribution < -0.4 is 5.90 Å². The van der Waals surface area contributed by atoms with E-state index in [9.17, 15) is 0 Å². The number of hydrogen-bond acceptors (Lipinski definition) is 5. The lowest BCUT2D eigenvalue weighted by Gasteiger charge is -2.17. The molecule has 3 aromatic rings. The highest BCUT2D eigenvalue weighted by atomic mass is 32.2. The molecule has 2 aromatic carbocycles. The first kappa shape index (κ1) is 18.0. The van der Waals surface area contributed by atoms with Gasteiger partial charge in [-0.05, 0) is 73.7 Å². The Hall–Kier alpha value is -2.38. The third kappa shape index (κ3) is 3.57. The van der Waals surface area contributed by atoms with Crippen molar-refractivity contribution in [2.75, 3.05) is 0 Å². The lowest BCUT2D eigenvalue weighted by atomic mass is 9.89. The molecule has 1 heterocycles. The molecule has 27 heavy (non-hydrogen) atoms. The number of aromatic nitrogens is 2. The number of hydrogen-bond donors (Lipinski definition) is 1. The van der Waals surface area contributed by atoms with Gasteiger partial charge in [0.05, 0.1) is 29.1 Å². The van der Waals surface area contributed by atoms with E-state index in [1.165, 1.54) is 28.0 Å². The van der Waals surface area contributed by atoms with Crippen molar-refractivity contribution in [3.63, 3.8) is 0 Å². The molecule has 4 rings (SSSR count). The zero-order valence-electron chi connectivity index (χ0n) is 15.3. The predicted molar refractivity (Wildman–Crippen MR) is 108 cm³/mol. The van der Waals surface area contributed by atoms with Crippen molar-refractivity contribution in [1.82, 2.24) is 9.78 Å². The van der Waals surface area contributed by atoms with E-state index >= 15 is 0 Å². The van der Waals surface area contributed by atoms with Gasteiger partial charge in [-0.15, -0.1) is 9.32 Å². The molecule has 0 aliphatic heterocycles. The Morgan fingerprint density at radius 3 is 2.56 bits per heavy atom. The van der Waals surface area contributed by atoms with E-state index < -0.39 is 0 Å². The van der Waals surface area contributed by atoms with Gasteiger partial charge in [0.25, 0.3) is 0 Å². The first-order valence-electron chi connectivity index (χ1n) is 8.83. The number of nitrogens with two attached hydrogens (primary N) is 1. The molecule has 1 aromatic heterocycles. The van der Waals surface area contributed by atoms with Gasteiger partial charge in [-0.25, -0.2) is 4.68 Å². The highest BCUT2D eigenvalue weighted by Gasteiger charge is 2.21. The molecule has 5 nitrogen and oxygen atoms in total. The van der Waals surface area contributed by atoms with E-state index in [-0.39, 0.29) is 0 Å². The van der Waals surface area contributed by atoms with Crippen LogP contribution in [0.2, 0.25) is 0 Å². The largest absolute Gasteiger partial charge is 0.233 e. The molecule has 0 saturated carbocycles. The van der Waals surface area contributed by atoms with Gasteiger partial charge >= 0.3 is 0 Å². The van der Waals surface area contributed by atoms with Gasteiger partial charge in [0, 0.05) is 10.5 Å². The highest BCUT2D eigenvalue weighted by Crippen LogP contribution is 2.34. The molecular formula is C21H21N3O2S. The molecule has 0 radical (unpaired) electrons. The summed E-state index contributed by atoms with van der Waals surface area (Å²) in [7, 11) is 0. The first-order chi connectivity index (χ1) is 13.2. The lowest BCUT2D eigenvalue weighted by molar-refractivity contribution is -0.195. The molecule has 1 aliphatic rings. The minimum atomic E-state index is 0.901. The van der Waals surface area contributed by atoms with Crippen LogP contribution in [0.1, 0.15) is 34.5 Å². The standard InChI is InChI=1S/C21H21N3O2S/c1-14-5-3-4-6-19(14)16-7-12-20-15(2)23-24(21(20)13-16)17-8-10-18(11-9-17)27-26-25-22/h3-6,8-11,13H,7,12,22H2,1-2H3. The summed E-state index contributed by atoms with van der Waals surface area (Å²) in [5.74, 6) is 4.88. The second-order valence-corrected chi connectivity index (χ2v) is 7.36. The fourth-order valence-electron chi connectivity index (χ4n) is 3.58. The fraction of sp³-hybridized carbons (Fsp3) is 0.190. The Morgan fingerprint density at radius 1 is 1.04 bits per heavy atom. The molecule has 0 fully saturated rings. The summed E-state index contributed by atoms with van der Waals surface area (Å²) in [6.07, 6.45) is 4.34. The van der Waals surface area contributed by atoms with E-state index in [2.05, 4.69) is 49.2 Å². The molecule has 1 aliphatic carbocycles. The maximum Gasteiger partial charge on any atom is 0.0706 e. The van der Waals surface area contributed by atoms with Crippen LogP contribution in [0.4, 0.5) is 0 Å². The average molecular weight is 379 g/mol. The maximum absolute atomic E-state index is 4.88. The van der Waals surface area contributed by atoms with Gasteiger partial charge in [0.15, 0.2) is 0 Å². The zero-order valence-corrected chi connectivity index (χ0v) is 16.1. The van der Waals surface area contributed by atoms with Crippen LogP contribution in [0.25, 0.3) is 17.3 Å². The second-order valence-electron chi connectivity index (χ2n) is 6.59. The Balaban J connectivity index is 1.73. The molecule has 0 unspecified atom stereocenters. The molecule has 2 N–H and O–H groups in total. The number of allylic oxidation sites excluding steroid dienone is 1. The minimum Gasteiger partial charge on any atom is -0.233 e. The van der Waals surface area contributed by atoms with Crippen molar-refractivity contribution in [1.29, 1.82) is 0 Å². The van der Waals surface area contributed by atoms with Crippen molar-refractivity contribution in [3.05, 3.63) is 76.6 Å². The van der Waals surface area contributed by atoms with E-state index in [1.54, 1.807) is 0 Å². The van der Waals surface area contributed by atoms with Crippen LogP contribution >= 0.6 is 12.0 Å². The summed E-state index contributed by atoms with van der Waals surface area (Å²) < 4.78 is 6.72. The maximum atomic E-state index is 4.88. The van der Waals surface area contributed by atoms with Crippen molar-refractivity contribution in [2.24, 2.45) is 5.90 Å². The van der Waals surface area contributed by atoms with Crippen molar-refractivity contribution in [3.8, 4) is 5.69 Å². The van der Waals surface area contributed by atoms with Crippen LogP contribution in [-0.2, 0) is 15.7 Å². The summed E-state index contributed by atoms with van der Waals surface area (Å²) >= 11 is 1.07. The van der Waals surface area contributed by atoms with Crippen LogP contribution in [0.3, 0.4) is 0 Å². The summed E-state index contributed by atoms with van der Waals surface area (Å²) in [5.41, 5.74) is 8.58. The molecule has 138 valence electrons. The van der Waals surface area contributed by atoms with Crippen LogP contribution in [-0.4, -0.2) is 9.78 Å². The van der Waals surface area contributed by atoms with Crippen molar-refractivity contribution < 1.29 is 9.32 Å². The fourth-order valence-corrected chi connectivity index (χ4v) is 3.94. The molecule has 0 spiro atoms. The van der Waals surface area contributed by atoms with Gasteiger partial charge in [-0.3, -0.25) is 0 Å². The average Bonchev–Trinajstić information content (AvgIpc) is 3.03. The molecular weight excluding hydrogens is 358 g/mol. The lowest BCUT2D eigenvalue weighted by Crippen LogP contribution is -2.04. The van der Waals surface area contributed by atoms with Crippen LogP contribution in [0.5, 0.6) is 0 Å². The second kappa shape index (κ2) is 7.70. The first-order valence-corrected chi connectivity index (χ1v) is 9.57. The van der Waals surface area contributed by atoms with Gasteiger partial charge in [0.1, 0.15) is 0 Å². The van der Waals surface area contributed by atoms with Gasteiger partial charge in [0.2, 0.25) is 0 Å². The van der Waals surface area contributed by atoms with E-state index in [4.69, 9.17) is 15.3 Å². The number of nitrogens with zero attached hydrogens (tertiary/aromatic N) is 2. The third-order valence-corrected chi connectivity index (χ3v) is 5.53. The molecule has 0 saturated heterocycles. The van der Waals surface area contributed by atoms with Gasteiger partial charge in [-0.2, -0.15) is 11.0 Å². The summed E-state index contributed by atoms with van der Waals surface area (Å²) in [5, 5.41) is 4.79. The van der Waals surface area contributed by atoms with E-state index in [0.29, 0.717) is 0 Å². The highest BCUT2D eigenvalue weighted by molar-refractivity contribution is 7.94. The summed E-state index contributed by atoms with van der Waals surface area (Å²) in [4.78, 5) is 5.04. The normalized spacial score (nSPS) is 13.4. The molecule has 0 bridgehead atoms. The third-order valence-electron chi connectivity index (χ3n) is 4.92. The number of fused-ring (bicyclic) bond motifs is 1. The number of benzene rings is 2. The quantitative estimate of drug-likeness (QED) is 0.392. The van der Waals surface area contributed by atoms with E-state index in [1.807, 2.05) is 28.9 Å². The predicted octanol–water partition coefficient (Wildman–Crippen LogP) is 4.80. The van der Waals surface area contributed by atoms with Gasteiger partial charge < -0.3 is 0 Å². The topological polar surface area (TPSA) is 62.3 Å². The SMILES string of the molecule is Cc1ccccc1C1=Cc2c(c(C)nn2-c2ccc(SOON)cc2)CC1. The van der Waals surface area contributed by atoms with Crippen LogP contribution in [0.15, 0.2) is 53.4 Å². The smallest absolute Gasteiger partial charge is 0.0706 e. The van der Waals surface area contributed by atoms with Crippen molar-refractivity contribution >= 4 is 23.7 Å². The molecule has 0 amide bonds. The summed E-state index contributed by atoms with van der Waals surface area (Å²) in [6, 6.07) is 16.5.